The maximum absolute atomic E-state index is 12.7. The van der Waals surface area contributed by atoms with Gasteiger partial charge in [-0.15, -0.1) is 0 Å². The molecule has 2 aromatic heterocycles. The zero-order valence-corrected chi connectivity index (χ0v) is 13.7. The van der Waals surface area contributed by atoms with Crippen LogP contribution in [0.3, 0.4) is 0 Å². The Balaban J connectivity index is 1.76. The average molecular weight is 301 g/mol. The van der Waals surface area contributed by atoms with Gasteiger partial charge in [0, 0.05) is 45.0 Å². The van der Waals surface area contributed by atoms with Crippen molar-refractivity contribution in [2.45, 2.75) is 39.7 Å². The van der Waals surface area contributed by atoms with Gasteiger partial charge in [-0.05, 0) is 27.2 Å². The van der Waals surface area contributed by atoms with Crippen LogP contribution >= 0.6 is 0 Å². The quantitative estimate of drug-likeness (QED) is 0.870. The van der Waals surface area contributed by atoms with Gasteiger partial charge in [0.05, 0.1) is 17.0 Å². The molecule has 0 aromatic carbocycles. The van der Waals surface area contributed by atoms with Gasteiger partial charge < -0.3 is 9.47 Å². The summed E-state index contributed by atoms with van der Waals surface area (Å²) in [4.78, 5) is 19.2. The lowest BCUT2D eigenvalue weighted by atomic mass is 10.1. The van der Waals surface area contributed by atoms with Gasteiger partial charge in [-0.1, -0.05) is 0 Å². The zero-order chi connectivity index (χ0) is 15.9. The van der Waals surface area contributed by atoms with Crippen molar-refractivity contribution in [2.75, 3.05) is 13.1 Å². The van der Waals surface area contributed by atoms with E-state index >= 15 is 0 Å². The number of likely N-dealkylation sites (tertiary alicyclic amines) is 1. The SMILES string of the molecule is CCn1cc(C(=O)N2CC[C@H](c3nc(C)cn3C)C2)c(C)n1. The molecule has 0 spiro atoms. The fourth-order valence-electron chi connectivity index (χ4n) is 3.23. The minimum absolute atomic E-state index is 0.0885. The minimum atomic E-state index is 0.0885. The molecule has 0 bridgehead atoms. The number of aryl methyl sites for hydroxylation is 4. The molecule has 0 saturated carbocycles. The van der Waals surface area contributed by atoms with E-state index in [0.717, 1.165) is 48.8 Å². The summed E-state index contributed by atoms with van der Waals surface area (Å²) in [7, 11) is 2.02. The molecule has 1 aliphatic heterocycles. The summed E-state index contributed by atoms with van der Waals surface area (Å²) in [6.45, 7) is 8.23. The van der Waals surface area contributed by atoms with E-state index in [4.69, 9.17) is 0 Å². The van der Waals surface area contributed by atoms with Crippen LogP contribution in [-0.2, 0) is 13.6 Å². The normalized spacial score (nSPS) is 18.2. The minimum Gasteiger partial charge on any atom is -0.338 e. The molecule has 118 valence electrons. The molecule has 3 rings (SSSR count). The molecule has 1 amide bonds. The highest BCUT2D eigenvalue weighted by Gasteiger charge is 2.31. The van der Waals surface area contributed by atoms with Gasteiger partial charge >= 0.3 is 0 Å². The number of carbonyl (C=O) groups excluding carboxylic acids is 1. The lowest BCUT2D eigenvalue weighted by Crippen LogP contribution is -2.29. The highest BCUT2D eigenvalue weighted by molar-refractivity contribution is 5.95. The van der Waals surface area contributed by atoms with Crippen molar-refractivity contribution in [2.24, 2.45) is 7.05 Å². The third-order valence-electron chi connectivity index (χ3n) is 4.37. The number of amides is 1. The predicted octanol–water partition coefficient (Wildman–Crippen LogP) is 1.88. The summed E-state index contributed by atoms with van der Waals surface area (Å²) in [5.41, 5.74) is 2.56. The molecule has 2 aromatic rings. The van der Waals surface area contributed by atoms with Gasteiger partial charge in [-0.3, -0.25) is 9.48 Å². The van der Waals surface area contributed by atoms with Crippen molar-refractivity contribution in [3.05, 3.63) is 35.2 Å². The lowest BCUT2D eigenvalue weighted by Gasteiger charge is -2.16. The van der Waals surface area contributed by atoms with Crippen molar-refractivity contribution in [3.63, 3.8) is 0 Å². The van der Waals surface area contributed by atoms with Crippen LogP contribution < -0.4 is 0 Å². The molecule has 0 N–H and O–H groups in total. The second-order valence-electron chi connectivity index (χ2n) is 6.07. The highest BCUT2D eigenvalue weighted by atomic mass is 16.2. The van der Waals surface area contributed by atoms with Crippen molar-refractivity contribution >= 4 is 5.91 Å². The van der Waals surface area contributed by atoms with Crippen molar-refractivity contribution in [1.29, 1.82) is 0 Å². The third kappa shape index (κ3) is 2.53. The molecule has 1 saturated heterocycles. The van der Waals surface area contributed by atoms with Crippen LogP contribution in [0.25, 0.3) is 0 Å². The van der Waals surface area contributed by atoms with Crippen LogP contribution in [-0.4, -0.2) is 43.2 Å². The average Bonchev–Trinajstić information content (AvgIpc) is 3.16. The number of carbonyl (C=O) groups is 1. The number of rotatable bonds is 3. The summed E-state index contributed by atoms with van der Waals surface area (Å²) in [6, 6.07) is 0. The van der Waals surface area contributed by atoms with Gasteiger partial charge in [0.25, 0.3) is 5.91 Å². The second-order valence-corrected chi connectivity index (χ2v) is 6.07. The molecular formula is C16H23N5O. The van der Waals surface area contributed by atoms with E-state index in [1.807, 2.05) is 49.8 Å². The van der Waals surface area contributed by atoms with E-state index in [2.05, 4.69) is 14.6 Å². The smallest absolute Gasteiger partial charge is 0.257 e. The van der Waals surface area contributed by atoms with Crippen molar-refractivity contribution in [3.8, 4) is 0 Å². The number of aromatic nitrogens is 4. The van der Waals surface area contributed by atoms with Crippen LogP contribution in [0.1, 0.15) is 46.8 Å². The first kappa shape index (κ1) is 14.8. The zero-order valence-electron chi connectivity index (χ0n) is 13.7. The van der Waals surface area contributed by atoms with Gasteiger partial charge in [0.1, 0.15) is 5.82 Å². The molecule has 6 nitrogen and oxygen atoms in total. The third-order valence-corrected chi connectivity index (χ3v) is 4.37. The van der Waals surface area contributed by atoms with Crippen LogP contribution in [0.2, 0.25) is 0 Å². The number of nitrogens with zero attached hydrogens (tertiary/aromatic N) is 5. The van der Waals surface area contributed by atoms with E-state index in [1.54, 1.807) is 0 Å². The Morgan fingerprint density at radius 1 is 1.36 bits per heavy atom. The summed E-state index contributed by atoms with van der Waals surface area (Å²) < 4.78 is 3.90. The molecule has 0 unspecified atom stereocenters. The van der Waals surface area contributed by atoms with Crippen molar-refractivity contribution < 1.29 is 4.79 Å². The summed E-state index contributed by atoms with van der Waals surface area (Å²) in [6.07, 6.45) is 4.86. The Morgan fingerprint density at radius 2 is 2.14 bits per heavy atom. The first-order valence-corrected chi connectivity index (χ1v) is 7.82. The summed E-state index contributed by atoms with van der Waals surface area (Å²) in [5.74, 6) is 1.49. The Labute approximate surface area is 130 Å². The number of imidazole rings is 1. The van der Waals surface area contributed by atoms with E-state index in [1.165, 1.54) is 0 Å². The van der Waals surface area contributed by atoms with Crippen LogP contribution in [0, 0.1) is 13.8 Å². The largest absolute Gasteiger partial charge is 0.338 e. The molecular weight excluding hydrogens is 278 g/mol. The molecule has 0 radical (unpaired) electrons. The number of hydrogen-bond donors (Lipinski definition) is 0. The lowest BCUT2D eigenvalue weighted by molar-refractivity contribution is 0.0789. The topological polar surface area (TPSA) is 56.0 Å². The van der Waals surface area contributed by atoms with Crippen LogP contribution in [0.4, 0.5) is 0 Å². The molecule has 22 heavy (non-hydrogen) atoms. The second kappa shape index (κ2) is 5.59. The summed E-state index contributed by atoms with van der Waals surface area (Å²) in [5, 5.41) is 4.37. The Hall–Kier alpha value is -2.11. The Morgan fingerprint density at radius 3 is 2.73 bits per heavy atom. The van der Waals surface area contributed by atoms with Crippen LogP contribution in [0.5, 0.6) is 0 Å². The molecule has 6 heteroatoms. The Bertz CT molecular complexity index is 699. The Kier molecular flexibility index (Phi) is 3.76. The molecule has 1 atom stereocenters. The highest BCUT2D eigenvalue weighted by Crippen LogP contribution is 2.27. The van der Waals surface area contributed by atoms with E-state index < -0.39 is 0 Å². The molecule has 0 aliphatic carbocycles. The van der Waals surface area contributed by atoms with Gasteiger partial charge in [-0.2, -0.15) is 5.10 Å². The first-order chi connectivity index (χ1) is 10.5. The van der Waals surface area contributed by atoms with E-state index in [-0.39, 0.29) is 5.91 Å². The fraction of sp³-hybridized carbons (Fsp3) is 0.562. The predicted molar refractivity (Wildman–Crippen MR) is 83.8 cm³/mol. The molecule has 1 fully saturated rings. The van der Waals surface area contributed by atoms with Gasteiger partial charge in [0.15, 0.2) is 0 Å². The van der Waals surface area contributed by atoms with E-state index in [0.29, 0.717) is 5.92 Å². The van der Waals surface area contributed by atoms with Gasteiger partial charge in [0.2, 0.25) is 0 Å². The first-order valence-electron chi connectivity index (χ1n) is 7.82. The van der Waals surface area contributed by atoms with Crippen LogP contribution in [0.15, 0.2) is 12.4 Å². The fourth-order valence-corrected chi connectivity index (χ4v) is 3.23. The van der Waals surface area contributed by atoms with Gasteiger partial charge in [-0.25, -0.2) is 4.98 Å². The number of hydrogen-bond acceptors (Lipinski definition) is 3. The molecule has 3 heterocycles. The molecule has 1 aliphatic rings. The van der Waals surface area contributed by atoms with E-state index in [9.17, 15) is 4.79 Å². The monoisotopic (exact) mass is 301 g/mol. The summed E-state index contributed by atoms with van der Waals surface area (Å²) >= 11 is 0. The van der Waals surface area contributed by atoms with Crippen molar-refractivity contribution in [1.82, 2.24) is 24.2 Å². The maximum atomic E-state index is 12.7. The standard InChI is InChI=1S/C16H23N5O/c1-5-21-10-14(12(3)18-21)16(22)20-7-6-13(9-20)15-17-11(2)8-19(15)4/h8,10,13H,5-7,9H2,1-4H3/t13-/m0/s1. The maximum Gasteiger partial charge on any atom is 0.257 e.